The van der Waals surface area contributed by atoms with E-state index in [9.17, 15) is 14.7 Å². The molecule has 0 unspecified atom stereocenters. The monoisotopic (exact) mass is 444 g/mol. The Morgan fingerprint density at radius 3 is 2.50 bits per heavy atom. The van der Waals surface area contributed by atoms with Gasteiger partial charge in [-0.05, 0) is 48.4 Å². The number of hydrogen-bond donors (Lipinski definition) is 2. The number of ether oxygens (including phenoxy) is 2. The van der Waals surface area contributed by atoms with Crippen molar-refractivity contribution < 1.29 is 24.2 Å². The molecule has 1 saturated heterocycles. The quantitative estimate of drug-likeness (QED) is 0.520. The summed E-state index contributed by atoms with van der Waals surface area (Å²) in [5, 5.41) is 12.8. The van der Waals surface area contributed by atoms with E-state index in [-0.39, 0.29) is 35.6 Å². The van der Waals surface area contributed by atoms with Gasteiger partial charge in [0, 0.05) is 5.69 Å². The van der Waals surface area contributed by atoms with Crippen molar-refractivity contribution >= 4 is 51.9 Å². The van der Waals surface area contributed by atoms with Crippen LogP contribution < -0.4 is 14.8 Å². The summed E-state index contributed by atoms with van der Waals surface area (Å²) in [7, 11) is 2.84. The minimum absolute atomic E-state index is 0.127. The highest BCUT2D eigenvalue weighted by Crippen LogP contribution is 2.39. The Bertz CT molecular complexity index is 1030. The van der Waals surface area contributed by atoms with Gasteiger partial charge in [-0.2, -0.15) is 0 Å². The van der Waals surface area contributed by atoms with Crippen molar-refractivity contribution in [1.29, 1.82) is 0 Å². The number of thiocarbonyl (C=S) groups is 1. The molecule has 2 amide bonds. The van der Waals surface area contributed by atoms with Crippen molar-refractivity contribution in [2.45, 2.75) is 6.92 Å². The standard InChI is InChI=1S/C21H20N2O5S2/c1-12-5-4-6-14(7-12)22-18(24)11-23-20(26)17(30-21(23)29)10-13-8-15(27-2)19(25)16(9-13)28-3/h4-10,25H,11H2,1-3H3,(H,22,24)/b17-10-. The number of carbonyl (C=O) groups excluding carboxylic acids is 2. The van der Waals surface area contributed by atoms with Gasteiger partial charge < -0.3 is 19.9 Å². The number of rotatable bonds is 6. The lowest BCUT2D eigenvalue weighted by atomic mass is 10.1. The first-order valence-corrected chi connectivity index (χ1v) is 10.1. The zero-order chi connectivity index (χ0) is 21.8. The Hall–Kier alpha value is -3.04. The highest BCUT2D eigenvalue weighted by atomic mass is 32.2. The second-order valence-electron chi connectivity index (χ2n) is 6.46. The molecule has 1 fully saturated rings. The maximum absolute atomic E-state index is 12.8. The Kier molecular flexibility index (Phi) is 6.63. The van der Waals surface area contributed by atoms with E-state index in [0.29, 0.717) is 20.5 Å². The Labute approximate surface area is 183 Å². The normalized spacial score (nSPS) is 14.9. The number of phenols is 1. The summed E-state index contributed by atoms with van der Waals surface area (Å²) in [6.45, 7) is 1.74. The van der Waals surface area contributed by atoms with Crippen LogP contribution in [-0.2, 0) is 9.59 Å². The van der Waals surface area contributed by atoms with Crippen LogP contribution in [0.4, 0.5) is 5.69 Å². The van der Waals surface area contributed by atoms with Crippen LogP contribution in [0.25, 0.3) is 6.08 Å². The number of anilines is 1. The summed E-state index contributed by atoms with van der Waals surface area (Å²) in [6.07, 6.45) is 1.61. The molecule has 0 aliphatic carbocycles. The van der Waals surface area contributed by atoms with Gasteiger partial charge >= 0.3 is 0 Å². The molecule has 1 heterocycles. The largest absolute Gasteiger partial charge is 0.502 e. The van der Waals surface area contributed by atoms with Gasteiger partial charge in [-0.15, -0.1) is 0 Å². The molecule has 7 nitrogen and oxygen atoms in total. The SMILES string of the molecule is COc1cc(/C=C2\SC(=S)N(CC(=O)Nc3cccc(C)c3)C2=O)cc(OC)c1O. The van der Waals surface area contributed by atoms with E-state index in [2.05, 4.69) is 5.32 Å². The molecule has 156 valence electrons. The fourth-order valence-electron chi connectivity index (χ4n) is 2.85. The average molecular weight is 445 g/mol. The number of nitrogens with one attached hydrogen (secondary N) is 1. The lowest BCUT2D eigenvalue weighted by Crippen LogP contribution is -2.36. The van der Waals surface area contributed by atoms with Crippen LogP contribution in [0, 0.1) is 6.92 Å². The summed E-state index contributed by atoms with van der Waals surface area (Å²) in [6, 6.07) is 10.5. The van der Waals surface area contributed by atoms with Crippen molar-refractivity contribution in [3.8, 4) is 17.2 Å². The molecule has 2 aromatic rings. The van der Waals surface area contributed by atoms with Crippen LogP contribution in [0.2, 0.25) is 0 Å². The first-order chi connectivity index (χ1) is 14.3. The molecule has 0 spiro atoms. The van der Waals surface area contributed by atoms with Gasteiger partial charge in [0.25, 0.3) is 5.91 Å². The van der Waals surface area contributed by atoms with E-state index in [0.717, 1.165) is 17.3 Å². The molecule has 0 radical (unpaired) electrons. The molecule has 30 heavy (non-hydrogen) atoms. The molecule has 9 heteroatoms. The van der Waals surface area contributed by atoms with Crippen molar-refractivity contribution in [3.05, 3.63) is 52.4 Å². The second-order valence-corrected chi connectivity index (χ2v) is 8.14. The number of carbonyl (C=O) groups is 2. The first-order valence-electron chi connectivity index (χ1n) is 8.89. The van der Waals surface area contributed by atoms with Crippen molar-refractivity contribution in [1.82, 2.24) is 4.90 Å². The summed E-state index contributed by atoms with van der Waals surface area (Å²) < 4.78 is 10.6. The molecule has 2 aromatic carbocycles. The maximum Gasteiger partial charge on any atom is 0.266 e. The topological polar surface area (TPSA) is 88.1 Å². The van der Waals surface area contributed by atoms with Gasteiger partial charge in [-0.25, -0.2) is 0 Å². The van der Waals surface area contributed by atoms with Crippen LogP contribution >= 0.6 is 24.0 Å². The summed E-state index contributed by atoms with van der Waals surface area (Å²) in [5.41, 5.74) is 2.26. The fourth-order valence-corrected chi connectivity index (χ4v) is 4.11. The van der Waals surface area contributed by atoms with Crippen molar-refractivity contribution in [2.75, 3.05) is 26.1 Å². The average Bonchev–Trinajstić information content (AvgIpc) is 2.96. The third kappa shape index (κ3) is 4.74. The molecule has 0 aromatic heterocycles. The number of nitrogens with zero attached hydrogens (tertiary/aromatic N) is 1. The van der Waals surface area contributed by atoms with E-state index in [4.69, 9.17) is 21.7 Å². The van der Waals surface area contributed by atoms with Crippen LogP contribution in [-0.4, -0.2) is 46.9 Å². The van der Waals surface area contributed by atoms with E-state index < -0.39 is 0 Å². The fraction of sp³-hybridized carbons (Fsp3) is 0.190. The first kappa shape index (κ1) is 21.7. The zero-order valence-corrected chi connectivity index (χ0v) is 18.2. The van der Waals surface area contributed by atoms with Gasteiger partial charge in [0.1, 0.15) is 10.9 Å². The van der Waals surface area contributed by atoms with Gasteiger partial charge in [0.05, 0.1) is 19.1 Å². The number of thioether (sulfide) groups is 1. The van der Waals surface area contributed by atoms with E-state index in [1.165, 1.54) is 19.1 Å². The molecule has 0 bridgehead atoms. The molecule has 2 N–H and O–H groups in total. The van der Waals surface area contributed by atoms with Gasteiger partial charge in [-0.1, -0.05) is 36.1 Å². The maximum atomic E-state index is 12.8. The highest BCUT2D eigenvalue weighted by Gasteiger charge is 2.33. The minimum Gasteiger partial charge on any atom is -0.502 e. The van der Waals surface area contributed by atoms with Crippen molar-refractivity contribution in [2.24, 2.45) is 0 Å². The summed E-state index contributed by atoms with van der Waals surface area (Å²) in [5.74, 6) is -0.402. The third-order valence-electron chi connectivity index (χ3n) is 4.28. The Morgan fingerprint density at radius 2 is 1.90 bits per heavy atom. The number of aryl methyl sites for hydroxylation is 1. The van der Waals surface area contributed by atoms with Crippen LogP contribution in [0.1, 0.15) is 11.1 Å². The molecule has 0 saturated carbocycles. The molecule has 1 aliphatic heterocycles. The number of amides is 2. The third-order valence-corrected chi connectivity index (χ3v) is 5.65. The van der Waals surface area contributed by atoms with Crippen molar-refractivity contribution in [3.63, 3.8) is 0 Å². The number of benzene rings is 2. The van der Waals surface area contributed by atoms with E-state index in [1.54, 1.807) is 24.3 Å². The van der Waals surface area contributed by atoms with Gasteiger partial charge in [0.2, 0.25) is 11.7 Å². The molecule has 0 atom stereocenters. The number of phenolic OH excluding ortho intramolecular Hbond substituents is 1. The lowest BCUT2D eigenvalue weighted by Gasteiger charge is -2.14. The molecule has 3 rings (SSSR count). The van der Waals surface area contributed by atoms with E-state index in [1.807, 2.05) is 25.1 Å². The number of hydrogen-bond acceptors (Lipinski definition) is 7. The predicted molar refractivity (Wildman–Crippen MR) is 121 cm³/mol. The molecular formula is C21H20N2O5S2. The van der Waals surface area contributed by atoms with Crippen LogP contribution in [0.3, 0.4) is 0 Å². The molecular weight excluding hydrogens is 424 g/mol. The Morgan fingerprint density at radius 1 is 1.23 bits per heavy atom. The lowest BCUT2D eigenvalue weighted by molar-refractivity contribution is -0.126. The number of methoxy groups -OCH3 is 2. The van der Waals surface area contributed by atoms with Gasteiger partial charge in [0.15, 0.2) is 11.5 Å². The predicted octanol–water partition coefficient (Wildman–Crippen LogP) is 3.56. The summed E-state index contributed by atoms with van der Waals surface area (Å²) in [4.78, 5) is 26.8. The van der Waals surface area contributed by atoms with Crippen LogP contribution in [0.15, 0.2) is 41.3 Å². The van der Waals surface area contributed by atoms with E-state index >= 15 is 0 Å². The van der Waals surface area contributed by atoms with Gasteiger partial charge in [-0.3, -0.25) is 14.5 Å². The highest BCUT2D eigenvalue weighted by molar-refractivity contribution is 8.26. The zero-order valence-electron chi connectivity index (χ0n) is 16.6. The van der Waals surface area contributed by atoms with Crippen LogP contribution in [0.5, 0.6) is 17.2 Å². The summed E-state index contributed by atoms with van der Waals surface area (Å²) >= 11 is 6.39. The number of aromatic hydroxyl groups is 1. The second kappa shape index (κ2) is 9.19. The Balaban J connectivity index is 1.77. The smallest absolute Gasteiger partial charge is 0.266 e. The minimum atomic E-state index is -0.365. The molecule has 1 aliphatic rings.